The second-order valence-corrected chi connectivity index (χ2v) is 5.11. The standard InChI is InChI=1S/C13H5F6IO/c14-7-1-2-10(20)11(5-7)21-12-8(15)3-6(4-9(12)16)13(17,18)19/h1-5H. The number of ether oxygens (including phenoxy) is 1. The zero-order valence-electron chi connectivity index (χ0n) is 9.94. The van der Waals surface area contributed by atoms with E-state index in [-0.39, 0.29) is 17.9 Å². The van der Waals surface area contributed by atoms with E-state index in [1.807, 2.05) is 0 Å². The number of hydrogen-bond acceptors (Lipinski definition) is 1. The molecule has 21 heavy (non-hydrogen) atoms. The number of hydrogen-bond donors (Lipinski definition) is 0. The Kier molecular flexibility index (Phi) is 4.35. The smallest absolute Gasteiger partial charge is 0.416 e. The van der Waals surface area contributed by atoms with Gasteiger partial charge in [0, 0.05) is 6.07 Å². The van der Waals surface area contributed by atoms with E-state index in [4.69, 9.17) is 4.74 Å². The molecule has 1 nitrogen and oxygen atoms in total. The minimum absolute atomic E-state index is 0.116. The van der Waals surface area contributed by atoms with Gasteiger partial charge in [-0.1, -0.05) is 0 Å². The summed E-state index contributed by atoms with van der Waals surface area (Å²) in [4.78, 5) is 0. The van der Waals surface area contributed by atoms with Gasteiger partial charge in [0.1, 0.15) is 11.6 Å². The molecular formula is C13H5F6IO. The van der Waals surface area contributed by atoms with E-state index < -0.39 is 34.9 Å². The normalized spacial score (nSPS) is 11.6. The molecule has 0 bridgehead atoms. The summed E-state index contributed by atoms with van der Waals surface area (Å²) in [7, 11) is 0. The third kappa shape index (κ3) is 3.60. The summed E-state index contributed by atoms with van der Waals surface area (Å²) in [6.45, 7) is 0. The Balaban J connectivity index is 2.44. The highest BCUT2D eigenvalue weighted by atomic mass is 127. The van der Waals surface area contributed by atoms with Crippen LogP contribution in [0.5, 0.6) is 11.5 Å². The molecule has 0 radical (unpaired) electrons. The Morgan fingerprint density at radius 1 is 0.905 bits per heavy atom. The van der Waals surface area contributed by atoms with Gasteiger partial charge in [0.2, 0.25) is 0 Å². The average Bonchev–Trinajstić information content (AvgIpc) is 2.36. The van der Waals surface area contributed by atoms with Crippen LogP contribution in [0.25, 0.3) is 0 Å². The third-order valence-corrected chi connectivity index (χ3v) is 3.32. The van der Waals surface area contributed by atoms with Crippen LogP contribution in [0.1, 0.15) is 5.56 Å². The van der Waals surface area contributed by atoms with Crippen molar-refractivity contribution < 1.29 is 31.1 Å². The highest BCUT2D eigenvalue weighted by molar-refractivity contribution is 14.1. The first-order valence-electron chi connectivity index (χ1n) is 5.37. The first-order valence-corrected chi connectivity index (χ1v) is 6.45. The Bertz CT molecular complexity index is 660. The molecule has 0 N–H and O–H groups in total. The molecule has 0 fully saturated rings. The summed E-state index contributed by atoms with van der Waals surface area (Å²) in [5.41, 5.74) is -1.47. The van der Waals surface area contributed by atoms with Crippen molar-refractivity contribution in [1.82, 2.24) is 0 Å². The fourth-order valence-electron chi connectivity index (χ4n) is 1.49. The van der Waals surface area contributed by atoms with Crippen molar-refractivity contribution in [2.45, 2.75) is 6.18 Å². The van der Waals surface area contributed by atoms with E-state index >= 15 is 0 Å². The summed E-state index contributed by atoms with van der Waals surface area (Å²) in [5.74, 6) is -4.98. The van der Waals surface area contributed by atoms with Crippen LogP contribution in [0.15, 0.2) is 30.3 Å². The van der Waals surface area contributed by atoms with Crippen LogP contribution in [-0.2, 0) is 6.18 Å². The predicted octanol–water partition coefficient (Wildman–Crippen LogP) is 5.52. The van der Waals surface area contributed by atoms with E-state index in [0.29, 0.717) is 3.57 Å². The van der Waals surface area contributed by atoms with Gasteiger partial charge in [0.05, 0.1) is 9.13 Å². The van der Waals surface area contributed by atoms with Crippen molar-refractivity contribution in [2.24, 2.45) is 0 Å². The highest BCUT2D eigenvalue weighted by Crippen LogP contribution is 2.36. The van der Waals surface area contributed by atoms with Crippen LogP contribution in [0.4, 0.5) is 26.3 Å². The molecule has 0 aliphatic carbocycles. The van der Waals surface area contributed by atoms with Crippen molar-refractivity contribution in [3.05, 3.63) is 56.9 Å². The first kappa shape index (κ1) is 15.9. The molecule has 0 amide bonds. The van der Waals surface area contributed by atoms with E-state index in [0.717, 1.165) is 12.1 Å². The van der Waals surface area contributed by atoms with Crippen molar-refractivity contribution in [3.63, 3.8) is 0 Å². The van der Waals surface area contributed by atoms with Gasteiger partial charge < -0.3 is 4.74 Å². The molecule has 0 aliphatic rings. The highest BCUT2D eigenvalue weighted by Gasteiger charge is 2.33. The second kappa shape index (κ2) is 5.74. The molecule has 2 aromatic rings. The number of alkyl halides is 3. The van der Waals surface area contributed by atoms with Crippen LogP contribution in [-0.4, -0.2) is 0 Å². The lowest BCUT2D eigenvalue weighted by Crippen LogP contribution is -2.07. The van der Waals surface area contributed by atoms with E-state index in [1.165, 1.54) is 6.07 Å². The topological polar surface area (TPSA) is 9.23 Å². The average molecular weight is 418 g/mol. The summed E-state index contributed by atoms with van der Waals surface area (Å²) in [6, 6.07) is 3.51. The molecule has 0 aromatic heterocycles. The van der Waals surface area contributed by atoms with Crippen LogP contribution < -0.4 is 4.74 Å². The lowest BCUT2D eigenvalue weighted by Gasteiger charge is -2.12. The number of rotatable bonds is 2. The summed E-state index contributed by atoms with van der Waals surface area (Å²) in [5, 5.41) is 0. The molecule has 0 heterocycles. The van der Waals surface area contributed by atoms with Gasteiger partial charge in [0.25, 0.3) is 0 Å². The molecule has 8 heteroatoms. The summed E-state index contributed by atoms with van der Waals surface area (Å²) >= 11 is 1.73. The van der Waals surface area contributed by atoms with Crippen molar-refractivity contribution in [3.8, 4) is 11.5 Å². The van der Waals surface area contributed by atoms with Crippen molar-refractivity contribution >= 4 is 22.6 Å². The molecule has 2 rings (SSSR count). The number of halogens is 7. The van der Waals surface area contributed by atoms with Gasteiger partial charge in [-0.15, -0.1) is 0 Å². The Hall–Kier alpha value is -1.45. The molecule has 0 atom stereocenters. The molecule has 0 unspecified atom stereocenters. The van der Waals surface area contributed by atoms with Crippen molar-refractivity contribution in [1.29, 1.82) is 0 Å². The quantitative estimate of drug-likeness (QED) is 0.461. The lowest BCUT2D eigenvalue weighted by atomic mass is 10.2. The second-order valence-electron chi connectivity index (χ2n) is 3.94. The summed E-state index contributed by atoms with van der Waals surface area (Å²) in [6.07, 6.45) is -4.88. The van der Waals surface area contributed by atoms with Gasteiger partial charge in [-0.3, -0.25) is 0 Å². The van der Waals surface area contributed by atoms with Crippen molar-refractivity contribution in [2.75, 3.05) is 0 Å². The predicted molar refractivity (Wildman–Crippen MR) is 70.6 cm³/mol. The molecular weight excluding hydrogens is 413 g/mol. The van der Waals surface area contributed by atoms with Crippen LogP contribution >= 0.6 is 22.6 Å². The number of benzene rings is 2. The van der Waals surface area contributed by atoms with Gasteiger partial charge in [-0.25, -0.2) is 13.2 Å². The zero-order chi connectivity index (χ0) is 15.8. The van der Waals surface area contributed by atoms with E-state index in [2.05, 4.69) is 0 Å². The van der Waals surface area contributed by atoms with Gasteiger partial charge >= 0.3 is 6.18 Å². The maximum atomic E-state index is 13.6. The molecule has 0 saturated carbocycles. The first-order chi connectivity index (χ1) is 9.68. The fraction of sp³-hybridized carbons (Fsp3) is 0.0769. The monoisotopic (exact) mass is 418 g/mol. The minimum atomic E-state index is -4.88. The fourth-order valence-corrected chi connectivity index (χ4v) is 1.93. The largest absolute Gasteiger partial charge is 0.450 e. The molecule has 0 saturated heterocycles. The third-order valence-electron chi connectivity index (χ3n) is 2.43. The van der Waals surface area contributed by atoms with Gasteiger partial charge in [-0.2, -0.15) is 13.2 Å². The van der Waals surface area contributed by atoms with Crippen LogP contribution in [0.3, 0.4) is 0 Å². The molecule has 112 valence electrons. The zero-order valence-corrected chi connectivity index (χ0v) is 12.1. The maximum absolute atomic E-state index is 13.6. The lowest BCUT2D eigenvalue weighted by molar-refractivity contribution is -0.138. The SMILES string of the molecule is Fc1ccc(I)c(Oc2c(F)cc(C(F)(F)F)cc2F)c1. The molecule has 2 aromatic carbocycles. The minimum Gasteiger partial charge on any atom is -0.450 e. The van der Waals surface area contributed by atoms with Crippen LogP contribution in [0.2, 0.25) is 0 Å². The van der Waals surface area contributed by atoms with Gasteiger partial charge in [0.15, 0.2) is 17.4 Å². The molecule has 0 spiro atoms. The van der Waals surface area contributed by atoms with E-state index in [9.17, 15) is 26.3 Å². The maximum Gasteiger partial charge on any atom is 0.416 e. The summed E-state index contributed by atoms with van der Waals surface area (Å²) < 4.78 is 82.6. The van der Waals surface area contributed by atoms with Crippen LogP contribution in [0, 0.1) is 21.0 Å². The Labute approximate surface area is 128 Å². The van der Waals surface area contributed by atoms with E-state index in [1.54, 1.807) is 22.6 Å². The molecule has 0 aliphatic heterocycles. The van der Waals surface area contributed by atoms with Gasteiger partial charge in [-0.05, 0) is 46.9 Å². The Morgan fingerprint density at radius 3 is 2.00 bits per heavy atom. The Morgan fingerprint density at radius 2 is 1.48 bits per heavy atom.